The Bertz CT molecular complexity index is 893. The molecule has 33 heavy (non-hydrogen) atoms. The monoisotopic (exact) mass is 452 g/mol. The second-order valence-corrected chi connectivity index (χ2v) is 8.74. The highest BCUT2D eigenvalue weighted by atomic mass is 16.6. The lowest BCUT2D eigenvalue weighted by Gasteiger charge is -2.31. The standard InChI is InChI=1S/C26H36N4O3/c1-3-4-5-13-27-24-17-23(10-14-28-24)25(31)29-18-21-11-15-30(16-12-21)26(32)33-19-22-8-6-20(2)7-9-22/h6-10,14,17,21H,3-5,11-13,15-16,18-19H2,1-2H3,(H,27,28)(H,29,31). The van der Waals surface area contributed by atoms with Crippen LogP contribution < -0.4 is 10.6 Å². The van der Waals surface area contributed by atoms with E-state index in [1.807, 2.05) is 31.2 Å². The summed E-state index contributed by atoms with van der Waals surface area (Å²) in [5.41, 5.74) is 2.78. The van der Waals surface area contributed by atoms with E-state index in [0.717, 1.165) is 37.2 Å². The molecule has 1 saturated heterocycles. The number of hydrogen-bond donors (Lipinski definition) is 2. The molecule has 1 aliphatic rings. The van der Waals surface area contributed by atoms with Crippen LogP contribution in [0.5, 0.6) is 0 Å². The predicted molar refractivity (Wildman–Crippen MR) is 130 cm³/mol. The molecule has 0 unspecified atom stereocenters. The van der Waals surface area contributed by atoms with Crippen LogP contribution in [0.25, 0.3) is 0 Å². The van der Waals surface area contributed by atoms with Gasteiger partial charge in [0.25, 0.3) is 5.91 Å². The molecule has 2 amide bonds. The summed E-state index contributed by atoms with van der Waals surface area (Å²) < 4.78 is 5.46. The molecular weight excluding hydrogens is 416 g/mol. The van der Waals surface area contributed by atoms with E-state index >= 15 is 0 Å². The van der Waals surface area contributed by atoms with Gasteiger partial charge in [-0.3, -0.25) is 4.79 Å². The van der Waals surface area contributed by atoms with Gasteiger partial charge in [0.1, 0.15) is 12.4 Å². The summed E-state index contributed by atoms with van der Waals surface area (Å²) in [5.74, 6) is 0.994. The Morgan fingerprint density at radius 1 is 1.12 bits per heavy atom. The van der Waals surface area contributed by atoms with Crippen LogP contribution in [0.4, 0.5) is 10.6 Å². The van der Waals surface area contributed by atoms with E-state index in [2.05, 4.69) is 22.5 Å². The van der Waals surface area contributed by atoms with Crippen molar-refractivity contribution in [2.45, 2.75) is 52.6 Å². The quantitative estimate of drug-likeness (QED) is 0.507. The number of likely N-dealkylation sites (tertiary alicyclic amines) is 1. The van der Waals surface area contributed by atoms with Crippen LogP contribution in [0.2, 0.25) is 0 Å². The molecule has 0 saturated carbocycles. The minimum Gasteiger partial charge on any atom is -0.445 e. The van der Waals surface area contributed by atoms with Crippen molar-refractivity contribution in [3.05, 3.63) is 59.3 Å². The first-order valence-corrected chi connectivity index (χ1v) is 12.0. The third kappa shape index (κ3) is 8.08. The van der Waals surface area contributed by atoms with Gasteiger partial charge in [0.05, 0.1) is 0 Å². The molecule has 2 aromatic rings. The molecule has 7 heteroatoms. The summed E-state index contributed by atoms with van der Waals surface area (Å²) in [6.07, 6.45) is 6.53. The molecule has 1 aromatic heterocycles. The summed E-state index contributed by atoms with van der Waals surface area (Å²) >= 11 is 0. The molecule has 1 fully saturated rings. The number of ether oxygens (including phenoxy) is 1. The number of nitrogens with zero attached hydrogens (tertiary/aromatic N) is 2. The molecule has 2 heterocycles. The zero-order valence-corrected chi connectivity index (χ0v) is 19.8. The number of carbonyl (C=O) groups excluding carboxylic acids is 2. The number of anilines is 1. The third-order valence-corrected chi connectivity index (χ3v) is 6.02. The summed E-state index contributed by atoms with van der Waals surface area (Å²) in [4.78, 5) is 31.0. The Hall–Kier alpha value is -3.09. The van der Waals surface area contributed by atoms with E-state index < -0.39 is 0 Å². The Morgan fingerprint density at radius 3 is 2.61 bits per heavy atom. The number of nitrogens with one attached hydrogen (secondary N) is 2. The molecule has 7 nitrogen and oxygen atoms in total. The van der Waals surface area contributed by atoms with Gasteiger partial charge in [-0.25, -0.2) is 9.78 Å². The van der Waals surface area contributed by atoms with Crippen molar-refractivity contribution in [3.8, 4) is 0 Å². The topological polar surface area (TPSA) is 83.6 Å². The predicted octanol–water partition coefficient (Wildman–Crippen LogP) is 4.77. The van der Waals surface area contributed by atoms with Gasteiger partial charge < -0.3 is 20.3 Å². The van der Waals surface area contributed by atoms with Crippen molar-refractivity contribution >= 4 is 17.8 Å². The van der Waals surface area contributed by atoms with Crippen molar-refractivity contribution in [1.29, 1.82) is 0 Å². The summed E-state index contributed by atoms with van der Waals surface area (Å²) in [6.45, 7) is 7.25. The minimum atomic E-state index is -0.270. The van der Waals surface area contributed by atoms with Gasteiger partial charge in [-0.2, -0.15) is 0 Å². The molecule has 178 valence electrons. The minimum absolute atomic E-state index is 0.0889. The Labute approximate surface area is 196 Å². The number of hydrogen-bond acceptors (Lipinski definition) is 5. The van der Waals surface area contributed by atoms with Crippen LogP contribution in [0.1, 0.15) is 60.5 Å². The number of rotatable bonds is 10. The van der Waals surface area contributed by atoms with Crippen molar-refractivity contribution in [2.75, 3.05) is 31.5 Å². The Balaban J connectivity index is 1.36. The van der Waals surface area contributed by atoms with Gasteiger partial charge in [0.2, 0.25) is 0 Å². The molecule has 3 rings (SSSR count). The van der Waals surface area contributed by atoms with Crippen LogP contribution in [0.3, 0.4) is 0 Å². The third-order valence-electron chi connectivity index (χ3n) is 6.02. The first-order chi connectivity index (χ1) is 16.0. The van der Waals surface area contributed by atoms with E-state index in [-0.39, 0.29) is 18.6 Å². The first-order valence-electron chi connectivity index (χ1n) is 12.0. The van der Waals surface area contributed by atoms with Gasteiger partial charge in [0.15, 0.2) is 0 Å². The summed E-state index contributed by atoms with van der Waals surface area (Å²) in [5, 5.41) is 6.32. The number of pyridine rings is 1. The smallest absolute Gasteiger partial charge is 0.410 e. The first kappa shape index (κ1) is 24.6. The maximum absolute atomic E-state index is 12.6. The van der Waals surface area contributed by atoms with Crippen LogP contribution in [0.15, 0.2) is 42.6 Å². The van der Waals surface area contributed by atoms with Gasteiger partial charge in [-0.15, -0.1) is 0 Å². The Kier molecular flexibility index (Phi) is 9.54. The number of benzene rings is 1. The number of aromatic nitrogens is 1. The van der Waals surface area contributed by atoms with Gasteiger partial charge >= 0.3 is 6.09 Å². The van der Waals surface area contributed by atoms with Gasteiger partial charge in [-0.1, -0.05) is 49.6 Å². The van der Waals surface area contributed by atoms with Gasteiger partial charge in [0, 0.05) is 37.9 Å². The van der Waals surface area contributed by atoms with Crippen LogP contribution >= 0.6 is 0 Å². The van der Waals surface area contributed by atoms with Crippen molar-refractivity contribution in [2.24, 2.45) is 5.92 Å². The molecule has 1 aliphatic heterocycles. The maximum atomic E-state index is 12.6. The second-order valence-electron chi connectivity index (χ2n) is 8.74. The van der Waals surface area contributed by atoms with E-state index in [4.69, 9.17) is 4.74 Å². The second kappa shape index (κ2) is 12.8. The van der Waals surface area contributed by atoms with Crippen LogP contribution in [0, 0.1) is 12.8 Å². The number of amides is 2. The molecule has 0 atom stereocenters. The molecule has 0 radical (unpaired) electrons. The van der Waals surface area contributed by atoms with Crippen molar-refractivity contribution in [1.82, 2.24) is 15.2 Å². The zero-order valence-electron chi connectivity index (χ0n) is 19.8. The number of unbranched alkanes of at least 4 members (excludes halogenated alkanes) is 2. The average molecular weight is 453 g/mol. The fourth-order valence-electron chi connectivity index (χ4n) is 3.84. The molecular formula is C26H36N4O3. The highest BCUT2D eigenvalue weighted by Gasteiger charge is 2.24. The van der Waals surface area contributed by atoms with Crippen molar-refractivity contribution < 1.29 is 14.3 Å². The number of carbonyl (C=O) groups is 2. The summed E-state index contributed by atoms with van der Waals surface area (Å²) in [7, 11) is 0. The van der Waals surface area contributed by atoms with Crippen LogP contribution in [-0.2, 0) is 11.3 Å². The van der Waals surface area contributed by atoms with E-state index in [0.29, 0.717) is 31.1 Å². The van der Waals surface area contributed by atoms with Crippen molar-refractivity contribution in [3.63, 3.8) is 0 Å². The molecule has 0 aliphatic carbocycles. The van der Waals surface area contributed by atoms with E-state index in [9.17, 15) is 9.59 Å². The molecule has 1 aromatic carbocycles. The number of aryl methyl sites for hydroxylation is 1. The zero-order chi connectivity index (χ0) is 23.5. The highest BCUT2D eigenvalue weighted by Crippen LogP contribution is 2.18. The van der Waals surface area contributed by atoms with E-state index in [1.54, 1.807) is 23.2 Å². The lowest BCUT2D eigenvalue weighted by Crippen LogP contribution is -2.41. The fraction of sp³-hybridized carbons (Fsp3) is 0.500. The number of piperidine rings is 1. The highest BCUT2D eigenvalue weighted by molar-refractivity contribution is 5.94. The van der Waals surface area contributed by atoms with Crippen LogP contribution in [-0.4, -0.2) is 48.1 Å². The lowest BCUT2D eigenvalue weighted by atomic mass is 9.97. The average Bonchev–Trinajstić information content (AvgIpc) is 2.85. The van der Waals surface area contributed by atoms with E-state index in [1.165, 1.54) is 18.4 Å². The molecule has 2 N–H and O–H groups in total. The molecule has 0 bridgehead atoms. The fourth-order valence-corrected chi connectivity index (χ4v) is 3.84. The lowest BCUT2D eigenvalue weighted by molar-refractivity contribution is 0.0801. The maximum Gasteiger partial charge on any atom is 0.410 e. The normalized spacial score (nSPS) is 14.1. The SMILES string of the molecule is CCCCCNc1cc(C(=O)NCC2CCN(C(=O)OCc3ccc(C)cc3)CC2)ccn1. The summed E-state index contributed by atoms with van der Waals surface area (Å²) in [6, 6.07) is 11.5. The molecule has 0 spiro atoms. The van der Waals surface area contributed by atoms with Gasteiger partial charge in [-0.05, 0) is 49.8 Å². The Morgan fingerprint density at radius 2 is 1.88 bits per heavy atom. The largest absolute Gasteiger partial charge is 0.445 e.